The zero-order valence-electron chi connectivity index (χ0n) is 7.98. The van der Waals surface area contributed by atoms with Gasteiger partial charge in [-0.1, -0.05) is 39.3 Å². The summed E-state index contributed by atoms with van der Waals surface area (Å²) in [7, 11) is 0. The van der Waals surface area contributed by atoms with E-state index >= 15 is 0 Å². The second-order valence-corrected chi connectivity index (χ2v) is 3.99. The fraction of sp³-hybridized carbons (Fsp3) is 0.667. The number of aromatic amines is 1. The first-order valence-corrected chi connectivity index (χ1v) is 4.65. The predicted octanol–water partition coefficient (Wildman–Crippen LogP) is 3.31. The second kappa shape index (κ2) is 3.48. The quantitative estimate of drug-likeness (QED) is 0.755. The molecule has 0 aliphatic heterocycles. The highest BCUT2D eigenvalue weighted by Gasteiger charge is 2.12. The van der Waals surface area contributed by atoms with Gasteiger partial charge in [-0.2, -0.15) is 0 Å². The summed E-state index contributed by atoms with van der Waals surface area (Å²) in [6.45, 7) is 8.39. The van der Waals surface area contributed by atoms with Gasteiger partial charge in [0.05, 0.1) is 5.69 Å². The third-order valence-corrected chi connectivity index (χ3v) is 2.12. The lowest BCUT2D eigenvalue weighted by atomic mass is 10.1. The van der Waals surface area contributed by atoms with Gasteiger partial charge in [-0.05, 0) is 5.92 Å². The Hall–Kier alpha value is -0.500. The molecule has 0 aromatic carbocycles. The number of halogens is 1. The zero-order valence-corrected chi connectivity index (χ0v) is 8.74. The molecule has 0 radical (unpaired) electrons. The lowest BCUT2D eigenvalue weighted by Crippen LogP contribution is -1.91. The van der Waals surface area contributed by atoms with Crippen molar-refractivity contribution in [1.29, 1.82) is 0 Å². The standard InChI is InChI=1S/C9H15ClN2/c1-5(2)7-8(10)12-9(11-7)6(3)4/h5-6H,1-4H3,(H,11,12). The number of imidazole rings is 1. The van der Waals surface area contributed by atoms with Crippen LogP contribution in [-0.4, -0.2) is 9.97 Å². The number of H-pyrrole nitrogens is 1. The van der Waals surface area contributed by atoms with E-state index in [1.54, 1.807) is 0 Å². The van der Waals surface area contributed by atoms with Gasteiger partial charge in [0.25, 0.3) is 0 Å². The summed E-state index contributed by atoms with van der Waals surface area (Å²) < 4.78 is 0. The minimum atomic E-state index is 0.412. The van der Waals surface area contributed by atoms with E-state index in [9.17, 15) is 0 Å². The summed E-state index contributed by atoms with van der Waals surface area (Å²) in [5, 5.41) is 0.619. The van der Waals surface area contributed by atoms with E-state index in [0.29, 0.717) is 17.0 Å². The highest BCUT2D eigenvalue weighted by Crippen LogP contribution is 2.23. The van der Waals surface area contributed by atoms with E-state index in [-0.39, 0.29) is 0 Å². The molecule has 0 fully saturated rings. The fourth-order valence-electron chi connectivity index (χ4n) is 1.04. The summed E-state index contributed by atoms with van der Waals surface area (Å²) in [5.41, 5.74) is 1.04. The van der Waals surface area contributed by atoms with E-state index in [1.807, 2.05) is 0 Å². The maximum Gasteiger partial charge on any atom is 0.150 e. The molecule has 12 heavy (non-hydrogen) atoms. The molecule has 0 atom stereocenters. The van der Waals surface area contributed by atoms with E-state index in [2.05, 4.69) is 37.7 Å². The fourth-order valence-corrected chi connectivity index (χ4v) is 1.40. The van der Waals surface area contributed by atoms with Gasteiger partial charge < -0.3 is 4.98 Å². The largest absolute Gasteiger partial charge is 0.344 e. The molecule has 2 nitrogen and oxygen atoms in total. The third-order valence-electron chi connectivity index (χ3n) is 1.83. The molecule has 0 amide bonds. The Labute approximate surface area is 78.4 Å². The van der Waals surface area contributed by atoms with E-state index < -0.39 is 0 Å². The van der Waals surface area contributed by atoms with E-state index in [0.717, 1.165) is 11.5 Å². The summed E-state index contributed by atoms with van der Waals surface area (Å²) in [4.78, 5) is 7.48. The van der Waals surface area contributed by atoms with E-state index in [4.69, 9.17) is 11.6 Å². The normalized spacial score (nSPS) is 11.6. The van der Waals surface area contributed by atoms with Crippen molar-refractivity contribution in [3.63, 3.8) is 0 Å². The minimum Gasteiger partial charge on any atom is -0.344 e. The van der Waals surface area contributed by atoms with Crippen LogP contribution in [0.4, 0.5) is 0 Å². The Kier molecular flexibility index (Phi) is 2.78. The first kappa shape index (κ1) is 9.59. The van der Waals surface area contributed by atoms with Crippen LogP contribution in [0.15, 0.2) is 0 Å². The predicted molar refractivity (Wildman–Crippen MR) is 51.8 cm³/mol. The van der Waals surface area contributed by atoms with Gasteiger partial charge in [-0.15, -0.1) is 0 Å². The smallest absolute Gasteiger partial charge is 0.150 e. The number of rotatable bonds is 2. The Morgan fingerprint density at radius 3 is 2.00 bits per heavy atom. The molecule has 1 N–H and O–H groups in total. The Bertz CT molecular complexity index is 263. The highest BCUT2D eigenvalue weighted by atomic mass is 35.5. The van der Waals surface area contributed by atoms with Crippen LogP contribution in [0, 0.1) is 0 Å². The molecule has 1 rings (SSSR count). The molecule has 0 aliphatic rings. The Balaban J connectivity index is 3.00. The molecule has 0 aliphatic carbocycles. The van der Waals surface area contributed by atoms with Crippen molar-refractivity contribution < 1.29 is 0 Å². The molecule has 0 spiro atoms. The Morgan fingerprint density at radius 1 is 1.17 bits per heavy atom. The van der Waals surface area contributed by atoms with Gasteiger partial charge in [0.1, 0.15) is 5.82 Å². The molecule has 0 saturated heterocycles. The highest BCUT2D eigenvalue weighted by molar-refractivity contribution is 6.30. The van der Waals surface area contributed by atoms with Crippen LogP contribution in [0.3, 0.4) is 0 Å². The zero-order chi connectivity index (χ0) is 9.30. The number of aromatic nitrogens is 2. The topological polar surface area (TPSA) is 28.7 Å². The molecule has 0 unspecified atom stereocenters. The molecule has 1 heterocycles. The van der Waals surface area contributed by atoms with Gasteiger partial charge in [0.2, 0.25) is 0 Å². The van der Waals surface area contributed by atoms with Crippen molar-refractivity contribution in [2.75, 3.05) is 0 Å². The average molecular weight is 187 g/mol. The van der Waals surface area contributed by atoms with Gasteiger partial charge in [0, 0.05) is 5.92 Å². The number of hydrogen-bond acceptors (Lipinski definition) is 1. The van der Waals surface area contributed by atoms with Crippen molar-refractivity contribution >= 4 is 11.6 Å². The summed E-state index contributed by atoms with van der Waals surface area (Å²) in [5.74, 6) is 1.80. The first-order chi connectivity index (χ1) is 5.52. The monoisotopic (exact) mass is 186 g/mol. The first-order valence-electron chi connectivity index (χ1n) is 4.27. The summed E-state index contributed by atoms with van der Waals surface area (Å²) in [6, 6.07) is 0. The molecule has 1 aromatic heterocycles. The van der Waals surface area contributed by atoms with Crippen molar-refractivity contribution in [3.05, 3.63) is 16.7 Å². The van der Waals surface area contributed by atoms with Crippen molar-refractivity contribution in [3.8, 4) is 0 Å². The van der Waals surface area contributed by atoms with Gasteiger partial charge in [0.15, 0.2) is 5.15 Å². The molecular formula is C9H15ClN2. The van der Waals surface area contributed by atoms with Crippen LogP contribution in [0.2, 0.25) is 5.15 Å². The SMILES string of the molecule is CC(C)c1nc(Cl)c(C(C)C)[nH]1. The summed E-state index contributed by atoms with van der Waals surface area (Å²) >= 11 is 5.94. The Morgan fingerprint density at radius 2 is 1.75 bits per heavy atom. The maximum absolute atomic E-state index is 5.94. The molecule has 0 saturated carbocycles. The van der Waals surface area contributed by atoms with Crippen molar-refractivity contribution in [2.45, 2.75) is 39.5 Å². The number of nitrogens with one attached hydrogen (secondary N) is 1. The van der Waals surface area contributed by atoms with Crippen molar-refractivity contribution in [1.82, 2.24) is 9.97 Å². The number of hydrogen-bond donors (Lipinski definition) is 1. The number of nitrogens with zero attached hydrogens (tertiary/aromatic N) is 1. The van der Waals surface area contributed by atoms with E-state index in [1.165, 1.54) is 0 Å². The molecule has 68 valence electrons. The molecule has 3 heteroatoms. The lowest BCUT2D eigenvalue weighted by molar-refractivity contribution is 0.771. The second-order valence-electron chi connectivity index (χ2n) is 3.64. The maximum atomic E-state index is 5.94. The summed E-state index contributed by atoms with van der Waals surface area (Å²) in [6.07, 6.45) is 0. The van der Waals surface area contributed by atoms with Crippen LogP contribution in [0.5, 0.6) is 0 Å². The third kappa shape index (κ3) is 1.81. The van der Waals surface area contributed by atoms with Crippen LogP contribution in [0.25, 0.3) is 0 Å². The van der Waals surface area contributed by atoms with Gasteiger partial charge >= 0.3 is 0 Å². The molecule has 0 bridgehead atoms. The molecular weight excluding hydrogens is 172 g/mol. The average Bonchev–Trinajstić information content (AvgIpc) is 2.30. The lowest BCUT2D eigenvalue weighted by Gasteiger charge is -2.01. The van der Waals surface area contributed by atoms with Gasteiger partial charge in [-0.25, -0.2) is 4.98 Å². The van der Waals surface area contributed by atoms with Crippen LogP contribution in [-0.2, 0) is 0 Å². The van der Waals surface area contributed by atoms with Crippen molar-refractivity contribution in [2.24, 2.45) is 0 Å². The van der Waals surface area contributed by atoms with Gasteiger partial charge in [-0.3, -0.25) is 0 Å². The van der Waals surface area contributed by atoms with Crippen LogP contribution in [0.1, 0.15) is 51.0 Å². The molecule has 1 aromatic rings. The minimum absolute atomic E-state index is 0.412. The van der Waals surface area contributed by atoms with Crippen LogP contribution >= 0.6 is 11.6 Å². The van der Waals surface area contributed by atoms with Crippen LogP contribution < -0.4 is 0 Å².